The van der Waals surface area contributed by atoms with E-state index in [0.29, 0.717) is 0 Å². The van der Waals surface area contributed by atoms with Crippen molar-refractivity contribution in [1.29, 1.82) is 0 Å². The standard InChI is InChI=1S/C10H17NO3Si/c1-11(2)9(12)10(13)14-7-6-8-15(3,4)5/h7H2,1-5H3. The summed E-state index contributed by atoms with van der Waals surface area (Å²) in [7, 11) is 1.57. The van der Waals surface area contributed by atoms with Crippen LogP contribution in [0.3, 0.4) is 0 Å². The van der Waals surface area contributed by atoms with E-state index in [2.05, 4.69) is 35.8 Å². The minimum absolute atomic E-state index is 0.0112. The summed E-state index contributed by atoms with van der Waals surface area (Å²) >= 11 is 0. The highest BCUT2D eigenvalue weighted by atomic mass is 28.3. The molecule has 5 heteroatoms. The average Bonchev–Trinajstić information content (AvgIpc) is 2.09. The fourth-order valence-corrected chi connectivity index (χ4v) is 1.25. The fourth-order valence-electron chi connectivity index (χ4n) is 0.647. The van der Waals surface area contributed by atoms with Crippen molar-refractivity contribution >= 4 is 20.0 Å². The van der Waals surface area contributed by atoms with E-state index in [9.17, 15) is 9.59 Å². The van der Waals surface area contributed by atoms with E-state index >= 15 is 0 Å². The second-order valence-corrected chi connectivity index (χ2v) is 9.08. The number of likely N-dealkylation sites (N-methyl/N-ethyl adjacent to an activating group) is 1. The van der Waals surface area contributed by atoms with Crippen LogP contribution in [0.15, 0.2) is 0 Å². The van der Waals surface area contributed by atoms with Crippen molar-refractivity contribution in [2.24, 2.45) is 0 Å². The first-order valence-electron chi connectivity index (χ1n) is 4.62. The molecular weight excluding hydrogens is 210 g/mol. The van der Waals surface area contributed by atoms with E-state index in [-0.39, 0.29) is 6.61 Å². The minimum Gasteiger partial charge on any atom is -0.445 e. The van der Waals surface area contributed by atoms with Crippen molar-refractivity contribution in [3.8, 4) is 11.5 Å². The van der Waals surface area contributed by atoms with E-state index in [0.717, 1.165) is 0 Å². The van der Waals surface area contributed by atoms with Gasteiger partial charge in [0.25, 0.3) is 0 Å². The van der Waals surface area contributed by atoms with Gasteiger partial charge in [0.1, 0.15) is 8.07 Å². The summed E-state index contributed by atoms with van der Waals surface area (Å²) < 4.78 is 4.68. The van der Waals surface area contributed by atoms with Gasteiger partial charge in [-0.1, -0.05) is 25.6 Å². The van der Waals surface area contributed by atoms with Gasteiger partial charge in [-0.2, -0.15) is 0 Å². The van der Waals surface area contributed by atoms with Crippen molar-refractivity contribution in [3.63, 3.8) is 0 Å². The van der Waals surface area contributed by atoms with Crippen LogP contribution in [-0.4, -0.2) is 45.6 Å². The number of hydrogen-bond donors (Lipinski definition) is 0. The van der Waals surface area contributed by atoms with E-state index in [1.54, 1.807) is 0 Å². The lowest BCUT2D eigenvalue weighted by molar-refractivity contribution is -0.157. The monoisotopic (exact) mass is 227 g/mol. The molecule has 0 bridgehead atoms. The summed E-state index contributed by atoms with van der Waals surface area (Å²) in [6, 6.07) is 0. The Hall–Kier alpha value is -1.28. The normalized spacial score (nSPS) is 9.93. The van der Waals surface area contributed by atoms with Gasteiger partial charge < -0.3 is 9.64 Å². The average molecular weight is 227 g/mol. The maximum absolute atomic E-state index is 11.0. The number of hydrogen-bond acceptors (Lipinski definition) is 3. The lowest BCUT2D eigenvalue weighted by Crippen LogP contribution is -2.31. The van der Waals surface area contributed by atoms with Gasteiger partial charge in [0.2, 0.25) is 0 Å². The molecule has 0 aromatic carbocycles. The highest BCUT2D eigenvalue weighted by Crippen LogP contribution is 1.95. The summed E-state index contributed by atoms with van der Waals surface area (Å²) in [6.45, 7) is 6.26. The zero-order valence-corrected chi connectivity index (χ0v) is 10.9. The third-order valence-corrected chi connectivity index (χ3v) is 2.25. The van der Waals surface area contributed by atoms with Crippen molar-refractivity contribution in [2.75, 3.05) is 20.7 Å². The van der Waals surface area contributed by atoms with Gasteiger partial charge in [0.15, 0.2) is 6.61 Å². The molecule has 0 aliphatic heterocycles. The Morgan fingerprint density at radius 2 is 1.80 bits per heavy atom. The van der Waals surface area contributed by atoms with E-state index in [1.807, 2.05) is 0 Å². The van der Waals surface area contributed by atoms with Crippen molar-refractivity contribution < 1.29 is 14.3 Å². The Labute approximate surface area is 91.6 Å². The lowest BCUT2D eigenvalue weighted by atomic mass is 10.5. The SMILES string of the molecule is CN(C)C(=O)C(=O)OCC#C[Si](C)(C)C. The molecule has 0 heterocycles. The molecule has 0 aromatic heterocycles. The molecule has 0 aromatic rings. The number of carbonyl (C=O) groups is 2. The topological polar surface area (TPSA) is 46.6 Å². The van der Waals surface area contributed by atoms with Crippen molar-refractivity contribution in [3.05, 3.63) is 0 Å². The van der Waals surface area contributed by atoms with Gasteiger partial charge in [-0.25, -0.2) is 4.79 Å². The van der Waals surface area contributed by atoms with E-state index in [1.165, 1.54) is 19.0 Å². The number of nitrogens with zero attached hydrogens (tertiary/aromatic N) is 1. The van der Waals surface area contributed by atoms with Crippen LogP contribution in [0.1, 0.15) is 0 Å². The summed E-state index contributed by atoms with van der Waals surface area (Å²) in [4.78, 5) is 23.3. The van der Waals surface area contributed by atoms with Crippen LogP contribution in [-0.2, 0) is 14.3 Å². The van der Waals surface area contributed by atoms with Gasteiger partial charge >= 0.3 is 11.9 Å². The van der Waals surface area contributed by atoms with Crippen LogP contribution >= 0.6 is 0 Å². The first-order chi connectivity index (χ1) is 6.74. The molecule has 84 valence electrons. The van der Waals surface area contributed by atoms with Gasteiger partial charge in [-0.15, -0.1) is 5.54 Å². The molecule has 0 saturated heterocycles. The summed E-state index contributed by atoms with van der Waals surface area (Å²) in [5, 5.41) is 0. The molecule has 4 nitrogen and oxygen atoms in total. The molecule has 15 heavy (non-hydrogen) atoms. The van der Waals surface area contributed by atoms with Crippen LogP contribution < -0.4 is 0 Å². The van der Waals surface area contributed by atoms with E-state index < -0.39 is 20.0 Å². The summed E-state index contributed by atoms with van der Waals surface area (Å²) in [5.41, 5.74) is 3.03. The van der Waals surface area contributed by atoms with Crippen LogP contribution in [0.2, 0.25) is 19.6 Å². The Bertz CT molecular complexity index is 307. The molecule has 0 N–H and O–H groups in total. The Kier molecular flexibility index (Phi) is 5.09. The van der Waals surface area contributed by atoms with Crippen molar-refractivity contribution in [1.82, 2.24) is 4.90 Å². The molecular formula is C10H17NO3Si. The van der Waals surface area contributed by atoms with Crippen LogP contribution in [0, 0.1) is 11.5 Å². The highest BCUT2D eigenvalue weighted by molar-refractivity contribution is 6.83. The van der Waals surface area contributed by atoms with Crippen LogP contribution in [0.4, 0.5) is 0 Å². The Morgan fingerprint density at radius 3 is 2.20 bits per heavy atom. The zero-order chi connectivity index (χ0) is 12.1. The van der Waals surface area contributed by atoms with Crippen LogP contribution in [0.25, 0.3) is 0 Å². The maximum Gasteiger partial charge on any atom is 0.397 e. The van der Waals surface area contributed by atoms with Gasteiger partial charge in [0.05, 0.1) is 0 Å². The zero-order valence-electron chi connectivity index (χ0n) is 9.88. The fraction of sp³-hybridized carbons (Fsp3) is 0.600. The molecule has 0 saturated carbocycles. The lowest BCUT2D eigenvalue weighted by Gasteiger charge is -2.08. The van der Waals surface area contributed by atoms with Crippen molar-refractivity contribution in [2.45, 2.75) is 19.6 Å². The van der Waals surface area contributed by atoms with Gasteiger partial charge in [0, 0.05) is 14.1 Å². The summed E-state index contributed by atoms with van der Waals surface area (Å²) in [6.07, 6.45) is 0. The molecule has 0 rings (SSSR count). The second-order valence-electron chi connectivity index (χ2n) is 4.33. The molecule has 0 fully saturated rings. The number of rotatable bonds is 1. The predicted octanol–water partition coefficient (Wildman–Crippen LogP) is 0.499. The number of carbonyl (C=O) groups excluding carboxylic acids is 2. The number of amides is 1. The van der Waals surface area contributed by atoms with E-state index in [4.69, 9.17) is 0 Å². The molecule has 0 atom stereocenters. The molecule has 1 amide bonds. The minimum atomic E-state index is -1.43. The second kappa shape index (κ2) is 5.56. The largest absolute Gasteiger partial charge is 0.445 e. The third kappa shape index (κ3) is 6.74. The highest BCUT2D eigenvalue weighted by Gasteiger charge is 2.16. The molecule has 0 radical (unpaired) electrons. The van der Waals surface area contributed by atoms with Crippen LogP contribution in [0.5, 0.6) is 0 Å². The Balaban J connectivity index is 4.02. The maximum atomic E-state index is 11.0. The quantitative estimate of drug-likeness (QED) is 0.284. The first kappa shape index (κ1) is 13.7. The molecule has 0 unspecified atom stereocenters. The smallest absolute Gasteiger partial charge is 0.397 e. The molecule has 0 spiro atoms. The van der Waals surface area contributed by atoms with Gasteiger partial charge in [-0.3, -0.25) is 4.79 Å². The van der Waals surface area contributed by atoms with Gasteiger partial charge in [-0.05, 0) is 0 Å². The Morgan fingerprint density at radius 1 is 1.27 bits per heavy atom. The predicted molar refractivity (Wildman–Crippen MR) is 60.8 cm³/mol. The number of ether oxygens (including phenoxy) is 1. The summed E-state index contributed by atoms with van der Waals surface area (Å²) in [5.74, 6) is 1.23. The molecule has 0 aliphatic rings. The number of esters is 1. The first-order valence-corrected chi connectivity index (χ1v) is 8.12. The third-order valence-electron chi connectivity index (χ3n) is 1.32. The molecule has 0 aliphatic carbocycles.